The van der Waals surface area contributed by atoms with Gasteiger partial charge in [-0.25, -0.2) is 0 Å². The predicted molar refractivity (Wildman–Crippen MR) is 48.9 cm³/mol. The van der Waals surface area contributed by atoms with E-state index in [1.807, 2.05) is 13.3 Å². The molecule has 1 atom stereocenters. The van der Waals surface area contributed by atoms with Gasteiger partial charge in [0, 0.05) is 38.5 Å². The summed E-state index contributed by atoms with van der Waals surface area (Å²) in [5.41, 5.74) is 2.75. The van der Waals surface area contributed by atoms with Gasteiger partial charge in [0.2, 0.25) is 0 Å². The zero-order valence-corrected chi connectivity index (χ0v) is 7.76. The molecule has 0 amide bonds. The van der Waals surface area contributed by atoms with Gasteiger partial charge in [0.15, 0.2) is 0 Å². The number of hydrogen-bond donors (Lipinski definition) is 0. The maximum absolute atomic E-state index is 4.04. The summed E-state index contributed by atoms with van der Waals surface area (Å²) in [6.45, 7) is 5.53. The molecule has 1 aliphatic rings. The predicted octanol–water partition coefficient (Wildman–Crippen LogP) is 1.54. The summed E-state index contributed by atoms with van der Waals surface area (Å²) < 4.78 is 0. The first kappa shape index (κ1) is 8.31. The maximum Gasteiger partial charge on any atom is 0.0277 e. The molecule has 62 valence electrons. The van der Waals surface area contributed by atoms with E-state index in [4.69, 9.17) is 0 Å². The fourth-order valence-corrected chi connectivity index (χ4v) is 1.58. The first-order valence-corrected chi connectivity index (χ1v) is 4.01. The second-order valence-electron chi connectivity index (χ2n) is 3.21. The quantitative estimate of drug-likeness (QED) is 0.520. The molecule has 2 heteroatoms. The van der Waals surface area contributed by atoms with Crippen molar-refractivity contribution in [3.63, 3.8) is 0 Å². The van der Waals surface area contributed by atoms with Crippen LogP contribution in [0.5, 0.6) is 0 Å². The average Bonchev–Trinajstić information content (AvgIpc) is 2.17. The van der Waals surface area contributed by atoms with E-state index in [0.717, 1.165) is 6.54 Å². The second kappa shape index (κ2) is 3.07. The lowest BCUT2D eigenvalue weighted by Crippen LogP contribution is -2.13. The standard InChI is InChI=1S/C9H16N2/c1-7-6-11(4)8(2)9(7)5-10-3/h5,7H,6H2,1-4H3/b10-5-. The molecule has 0 N–H and O–H groups in total. The molecule has 0 bridgehead atoms. The maximum atomic E-state index is 4.04. The van der Waals surface area contributed by atoms with Gasteiger partial charge in [-0.05, 0) is 12.5 Å². The third-order valence-electron chi connectivity index (χ3n) is 2.34. The molecular weight excluding hydrogens is 136 g/mol. The van der Waals surface area contributed by atoms with Gasteiger partial charge in [-0.15, -0.1) is 0 Å². The summed E-state index contributed by atoms with van der Waals surface area (Å²) >= 11 is 0. The van der Waals surface area contributed by atoms with Crippen molar-refractivity contribution >= 4 is 6.21 Å². The first-order chi connectivity index (χ1) is 5.16. The van der Waals surface area contributed by atoms with Crippen molar-refractivity contribution in [1.29, 1.82) is 0 Å². The Hall–Kier alpha value is -0.790. The largest absolute Gasteiger partial charge is 0.377 e. The number of hydrogen-bond acceptors (Lipinski definition) is 2. The first-order valence-electron chi connectivity index (χ1n) is 4.01. The number of nitrogens with zero attached hydrogens (tertiary/aromatic N) is 2. The van der Waals surface area contributed by atoms with Gasteiger partial charge in [0.05, 0.1) is 0 Å². The lowest BCUT2D eigenvalue weighted by molar-refractivity contribution is 0.423. The van der Waals surface area contributed by atoms with E-state index < -0.39 is 0 Å². The van der Waals surface area contributed by atoms with Gasteiger partial charge in [0.25, 0.3) is 0 Å². The molecule has 1 unspecified atom stereocenters. The van der Waals surface area contributed by atoms with Gasteiger partial charge in [-0.1, -0.05) is 6.92 Å². The SMILES string of the molecule is C/N=C\C1=C(C)N(C)CC1C. The lowest BCUT2D eigenvalue weighted by atomic mass is 10.1. The van der Waals surface area contributed by atoms with Gasteiger partial charge in [-0.2, -0.15) is 0 Å². The van der Waals surface area contributed by atoms with Crippen molar-refractivity contribution in [2.75, 3.05) is 20.6 Å². The Morgan fingerprint density at radius 1 is 1.64 bits per heavy atom. The summed E-state index contributed by atoms with van der Waals surface area (Å²) in [5.74, 6) is 0.642. The summed E-state index contributed by atoms with van der Waals surface area (Å²) in [5, 5.41) is 0. The molecule has 0 aromatic carbocycles. The fraction of sp³-hybridized carbons (Fsp3) is 0.667. The normalized spacial score (nSPS) is 25.8. The molecular formula is C9H16N2. The highest BCUT2D eigenvalue weighted by Gasteiger charge is 2.21. The molecule has 1 rings (SSSR count). The van der Waals surface area contributed by atoms with E-state index in [1.54, 1.807) is 0 Å². The van der Waals surface area contributed by atoms with Crippen LogP contribution in [0.15, 0.2) is 16.3 Å². The highest BCUT2D eigenvalue weighted by molar-refractivity contribution is 5.80. The Morgan fingerprint density at radius 3 is 2.64 bits per heavy atom. The third-order valence-corrected chi connectivity index (χ3v) is 2.34. The summed E-state index contributed by atoms with van der Waals surface area (Å²) in [7, 11) is 3.95. The van der Waals surface area contributed by atoms with Crippen LogP contribution in [0.2, 0.25) is 0 Å². The molecule has 0 aromatic heterocycles. The average molecular weight is 152 g/mol. The highest BCUT2D eigenvalue weighted by Crippen LogP contribution is 2.24. The summed E-state index contributed by atoms with van der Waals surface area (Å²) in [4.78, 5) is 6.32. The molecule has 0 spiro atoms. The molecule has 11 heavy (non-hydrogen) atoms. The van der Waals surface area contributed by atoms with Gasteiger partial charge < -0.3 is 4.90 Å². The van der Waals surface area contributed by atoms with Gasteiger partial charge in [0.1, 0.15) is 0 Å². The van der Waals surface area contributed by atoms with Crippen LogP contribution in [-0.2, 0) is 0 Å². The third kappa shape index (κ3) is 1.44. The van der Waals surface area contributed by atoms with Crippen molar-refractivity contribution in [2.45, 2.75) is 13.8 Å². The van der Waals surface area contributed by atoms with Crippen molar-refractivity contribution in [2.24, 2.45) is 10.9 Å². The minimum atomic E-state index is 0.642. The minimum Gasteiger partial charge on any atom is -0.377 e. The van der Waals surface area contributed by atoms with E-state index in [-0.39, 0.29) is 0 Å². The van der Waals surface area contributed by atoms with Crippen molar-refractivity contribution < 1.29 is 0 Å². The van der Waals surface area contributed by atoms with E-state index in [9.17, 15) is 0 Å². The van der Waals surface area contributed by atoms with E-state index >= 15 is 0 Å². The zero-order valence-electron chi connectivity index (χ0n) is 7.76. The van der Waals surface area contributed by atoms with Crippen LogP contribution in [0.1, 0.15) is 13.8 Å². The van der Waals surface area contributed by atoms with Crippen LogP contribution < -0.4 is 0 Å². The Labute approximate surface area is 68.6 Å². The molecule has 0 aliphatic carbocycles. The lowest BCUT2D eigenvalue weighted by Gasteiger charge is -2.11. The molecule has 2 nitrogen and oxygen atoms in total. The van der Waals surface area contributed by atoms with Gasteiger partial charge >= 0.3 is 0 Å². The van der Waals surface area contributed by atoms with Crippen LogP contribution in [0.3, 0.4) is 0 Å². The Bertz CT molecular complexity index is 204. The molecule has 0 saturated heterocycles. The zero-order chi connectivity index (χ0) is 8.43. The number of aliphatic imine (C=N–C) groups is 1. The van der Waals surface area contributed by atoms with Crippen LogP contribution in [0.4, 0.5) is 0 Å². The van der Waals surface area contributed by atoms with Crippen molar-refractivity contribution in [1.82, 2.24) is 4.90 Å². The Morgan fingerprint density at radius 2 is 2.27 bits per heavy atom. The van der Waals surface area contributed by atoms with Crippen molar-refractivity contribution in [3.05, 3.63) is 11.3 Å². The van der Waals surface area contributed by atoms with Crippen LogP contribution in [0, 0.1) is 5.92 Å². The Balaban J connectivity index is 2.87. The molecule has 1 heterocycles. The van der Waals surface area contributed by atoms with E-state index in [0.29, 0.717) is 5.92 Å². The van der Waals surface area contributed by atoms with Gasteiger partial charge in [-0.3, -0.25) is 4.99 Å². The molecule has 0 aromatic rings. The van der Waals surface area contributed by atoms with E-state index in [1.165, 1.54) is 11.3 Å². The monoisotopic (exact) mass is 152 g/mol. The smallest absolute Gasteiger partial charge is 0.0277 e. The van der Waals surface area contributed by atoms with Crippen LogP contribution >= 0.6 is 0 Å². The highest BCUT2D eigenvalue weighted by atomic mass is 15.1. The molecule has 0 radical (unpaired) electrons. The molecule has 1 aliphatic heterocycles. The number of rotatable bonds is 1. The van der Waals surface area contributed by atoms with E-state index in [2.05, 4.69) is 30.8 Å². The van der Waals surface area contributed by atoms with Crippen LogP contribution in [-0.4, -0.2) is 31.8 Å². The molecule has 0 fully saturated rings. The fourth-order valence-electron chi connectivity index (χ4n) is 1.58. The Kier molecular flexibility index (Phi) is 2.32. The van der Waals surface area contributed by atoms with Crippen molar-refractivity contribution in [3.8, 4) is 0 Å². The molecule has 0 saturated carbocycles. The summed E-state index contributed by atoms with van der Waals surface area (Å²) in [6.07, 6.45) is 1.98. The topological polar surface area (TPSA) is 15.6 Å². The van der Waals surface area contributed by atoms with Crippen LogP contribution in [0.25, 0.3) is 0 Å². The number of allylic oxidation sites excluding steroid dienone is 1. The second-order valence-corrected chi connectivity index (χ2v) is 3.21. The summed E-state index contributed by atoms with van der Waals surface area (Å²) in [6, 6.07) is 0. The minimum absolute atomic E-state index is 0.642.